The predicted molar refractivity (Wildman–Crippen MR) is 139 cm³/mol. The van der Waals surface area contributed by atoms with Crippen molar-refractivity contribution in [2.24, 2.45) is 0 Å². The molecule has 1 N–H and O–H groups in total. The van der Waals surface area contributed by atoms with Crippen LogP contribution in [0.3, 0.4) is 0 Å². The molecule has 1 unspecified atom stereocenters. The molecular formula is C29H32F3O3Si. The molecule has 1 radical (unpaired) electrons. The summed E-state index contributed by atoms with van der Waals surface area (Å²) in [6.45, 7) is 6.92. The van der Waals surface area contributed by atoms with Crippen molar-refractivity contribution in [3.8, 4) is 16.9 Å². The lowest BCUT2D eigenvalue weighted by Gasteiger charge is -2.14. The average molecular weight is 514 g/mol. The second kappa shape index (κ2) is 12.3. The number of para-hydroxylation sites is 1. The van der Waals surface area contributed by atoms with Crippen molar-refractivity contribution in [3.05, 3.63) is 89.0 Å². The van der Waals surface area contributed by atoms with Crippen LogP contribution in [-0.4, -0.2) is 26.0 Å². The molecule has 0 bridgehead atoms. The van der Waals surface area contributed by atoms with E-state index in [1.165, 1.54) is 30.3 Å². The largest absolute Gasteiger partial charge is 0.489 e. The van der Waals surface area contributed by atoms with Gasteiger partial charge in [-0.3, -0.25) is 0 Å². The molecule has 1 atom stereocenters. The van der Waals surface area contributed by atoms with E-state index >= 15 is 0 Å². The standard InChI is InChI=1S/C23H17F3O3.C6H15Si/c24-23(25,26)18-8-1-4-14(10-18)11-19-13-16-6-3-9-20(21(16)29-19)15-5-2-7-17(12-15)22(27)28;1-4-7(5-2)6-3/h1-10,12,19H,11,13H2,(H,27,28);4-6H2,1-3H3. The maximum absolute atomic E-state index is 13.0. The predicted octanol–water partition coefficient (Wildman–Crippen LogP) is 8.16. The zero-order valence-corrected chi connectivity index (χ0v) is 21.9. The monoisotopic (exact) mass is 513 g/mol. The highest BCUT2D eigenvalue weighted by atomic mass is 28.3. The molecule has 3 nitrogen and oxygen atoms in total. The highest BCUT2D eigenvalue weighted by Crippen LogP contribution is 2.40. The second-order valence-corrected chi connectivity index (χ2v) is 12.5. The summed E-state index contributed by atoms with van der Waals surface area (Å²) >= 11 is 0. The van der Waals surface area contributed by atoms with Crippen molar-refractivity contribution in [3.63, 3.8) is 0 Å². The molecular weight excluding hydrogens is 481 g/mol. The van der Waals surface area contributed by atoms with Crippen LogP contribution in [0, 0.1) is 0 Å². The van der Waals surface area contributed by atoms with Crippen LogP contribution in [0.2, 0.25) is 18.1 Å². The normalized spacial score (nSPS) is 14.6. The molecule has 1 aliphatic heterocycles. The fraction of sp³-hybridized carbons (Fsp3) is 0.345. The van der Waals surface area contributed by atoms with E-state index in [4.69, 9.17) is 4.74 Å². The number of ether oxygens (including phenoxy) is 1. The fourth-order valence-corrected chi connectivity index (χ4v) is 5.89. The van der Waals surface area contributed by atoms with E-state index in [-0.39, 0.29) is 20.5 Å². The lowest BCUT2D eigenvalue weighted by molar-refractivity contribution is -0.137. The minimum absolute atomic E-state index is 0.137. The number of carboxylic acids is 1. The van der Waals surface area contributed by atoms with Crippen LogP contribution in [0.25, 0.3) is 11.1 Å². The summed E-state index contributed by atoms with van der Waals surface area (Å²) in [7, 11) is 0.137. The van der Waals surface area contributed by atoms with Crippen LogP contribution in [0.15, 0.2) is 66.7 Å². The molecule has 0 aliphatic carbocycles. The Morgan fingerprint density at radius 1 is 0.972 bits per heavy atom. The summed E-state index contributed by atoms with van der Waals surface area (Å²) in [4.78, 5) is 11.3. The number of hydrogen-bond acceptors (Lipinski definition) is 2. The molecule has 0 saturated heterocycles. The smallest absolute Gasteiger partial charge is 0.416 e. The van der Waals surface area contributed by atoms with Gasteiger partial charge < -0.3 is 9.84 Å². The van der Waals surface area contributed by atoms with Crippen LogP contribution in [-0.2, 0) is 19.0 Å². The van der Waals surface area contributed by atoms with E-state index in [0.717, 1.165) is 28.8 Å². The number of hydrogen-bond donors (Lipinski definition) is 1. The van der Waals surface area contributed by atoms with E-state index in [1.807, 2.05) is 24.3 Å². The van der Waals surface area contributed by atoms with Gasteiger partial charge in [0.05, 0.1) is 11.1 Å². The molecule has 1 aliphatic rings. The molecule has 3 aromatic rings. The molecule has 0 spiro atoms. The Kier molecular flexibility index (Phi) is 9.37. The Bertz CT molecular complexity index is 1170. The Morgan fingerprint density at radius 2 is 1.64 bits per heavy atom. The van der Waals surface area contributed by atoms with Gasteiger partial charge in [-0.15, -0.1) is 0 Å². The number of aromatic carboxylic acids is 1. The Hall–Kier alpha value is -3.06. The summed E-state index contributed by atoms with van der Waals surface area (Å²) in [5.74, 6) is -0.352. The summed E-state index contributed by atoms with van der Waals surface area (Å²) in [6, 6.07) is 21.9. The van der Waals surface area contributed by atoms with Crippen molar-refractivity contribution in [2.75, 3.05) is 0 Å². The van der Waals surface area contributed by atoms with Crippen molar-refractivity contribution >= 4 is 14.8 Å². The van der Waals surface area contributed by atoms with Crippen LogP contribution >= 0.6 is 0 Å². The van der Waals surface area contributed by atoms with Gasteiger partial charge in [0.2, 0.25) is 0 Å². The summed E-state index contributed by atoms with van der Waals surface area (Å²) in [5.41, 5.74) is 2.53. The third-order valence-electron chi connectivity index (χ3n) is 6.47. The van der Waals surface area contributed by atoms with Gasteiger partial charge in [0.25, 0.3) is 0 Å². The van der Waals surface area contributed by atoms with Gasteiger partial charge in [-0.1, -0.05) is 87.4 Å². The van der Waals surface area contributed by atoms with Crippen LogP contribution in [0.1, 0.15) is 47.8 Å². The van der Waals surface area contributed by atoms with Gasteiger partial charge in [-0.25, -0.2) is 4.79 Å². The van der Waals surface area contributed by atoms with E-state index in [0.29, 0.717) is 24.2 Å². The Labute approximate surface area is 212 Å². The third kappa shape index (κ3) is 7.00. The summed E-state index contributed by atoms with van der Waals surface area (Å²) in [5, 5.41) is 9.22. The molecule has 191 valence electrons. The zero-order chi connectivity index (χ0) is 26.3. The van der Waals surface area contributed by atoms with Gasteiger partial charge in [0, 0.05) is 27.2 Å². The molecule has 0 aromatic heterocycles. The molecule has 0 fully saturated rings. The number of benzene rings is 3. The molecule has 1 heterocycles. The lowest BCUT2D eigenvalue weighted by Crippen LogP contribution is -2.17. The molecule has 3 aromatic carbocycles. The lowest BCUT2D eigenvalue weighted by atomic mass is 9.98. The van der Waals surface area contributed by atoms with Crippen molar-refractivity contribution in [2.45, 2.75) is 64.0 Å². The molecule has 4 rings (SSSR count). The average Bonchev–Trinajstić information content (AvgIpc) is 3.27. The van der Waals surface area contributed by atoms with E-state index < -0.39 is 17.7 Å². The van der Waals surface area contributed by atoms with E-state index in [9.17, 15) is 23.1 Å². The first-order chi connectivity index (χ1) is 17.2. The minimum Gasteiger partial charge on any atom is -0.489 e. The van der Waals surface area contributed by atoms with E-state index in [2.05, 4.69) is 20.8 Å². The Balaban J connectivity index is 0.000000454. The van der Waals surface area contributed by atoms with Gasteiger partial charge in [0.1, 0.15) is 11.9 Å². The van der Waals surface area contributed by atoms with Crippen molar-refractivity contribution in [1.29, 1.82) is 0 Å². The topological polar surface area (TPSA) is 46.5 Å². The van der Waals surface area contributed by atoms with Gasteiger partial charge in [-0.05, 0) is 34.9 Å². The molecule has 36 heavy (non-hydrogen) atoms. The van der Waals surface area contributed by atoms with Crippen molar-refractivity contribution in [1.82, 2.24) is 0 Å². The first-order valence-electron chi connectivity index (χ1n) is 12.3. The number of rotatable bonds is 7. The maximum Gasteiger partial charge on any atom is 0.416 e. The highest BCUT2D eigenvalue weighted by molar-refractivity contribution is 6.58. The fourth-order valence-electron chi connectivity index (χ4n) is 4.39. The SMILES string of the molecule is CC[Si](CC)CC.O=C(O)c1cccc(-c2cccc3c2OC(Cc2cccc(C(F)(F)F)c2)C3)c1. The summed E-state index contributed by atoms with van der Waals surface area (Å²) in [6.07, 6.45) is -3.72. The minimum atomic E-state index is -4.38. The first kappa shape index (κ1) is 27.5. The third-order valence-corrected chi connectivity index (χ3v) is 9.47. The number of halogens is 3. The quantitative estimate of drug-likeness (QED) is 0.324. The molecule has 0 amide bonds. The van der Waals surface area contributed by atoms with Gasteiger partial charge in [0.15, 0.2) is 0 Å². The van der Waals surface area contributed by atoms with Crippen LogP contribution < -0.4 is 4.74 Å². The maximum atomic E-state index is 13.0. The second-order valence-electron chi connectivity index (χ2n) is 8.84. The van der Waals surface area contributed by atoms with Gasteiger partial charge >= 0.3 is 12.1 Å². The number of alkyl halides is 3. The van der Waals surface area contributed by atoms with Crippen molar-refractivity contribution < 1.29 is 27.8 Å². The first-order valence-corrected chi connectivity index (χ1v) is 14.4. The number of carboxylic acid groups (broad SMARTS) is 1. The molecule has 0 saturated carbocycles. The summed E-state index contributed by atoms with van der Waals surface area (Å²) < 4.78 is 45.0. The van der Waals surface area contributed by atoms with Crippen LogP contribution in [0.4, 0.5) is 13.2 Å². The highest BCUT2D eigenvalue weighted by Gasteiger charge is 2.31. The van der Waals surface area contributed by atoms with Crippen LogP contribution in [0.5, 0.6) is 5.75 Å². The zero-order valence-electron chi connectivity index (χ0n) is 20.9. The number of carbonyl (C=O) groups is 1. The van der Waals surface area contributed by atoms with Gasteiger partial charge in [-0.2, -0.15) is 13.2 Å². The number of fused-ring (bicyclic) bond motifs is 1. The Morgan fingerprint density at radius 3 is 2.25 bits per heavy atom. The molecule has 7 heteroatoms. The van der Waals surface area contributed by atoms with E-state index in [1.54, 1.807) is 18.2 Å².